The Bertz CT molecular complexity index is 999. The average Bonchev–Trinajstić information content (AvgIpc) is 2.78. The van der Waals surface area contributed by atoms with Crippen LogP contribution in [0.4, 0.5) is 5.82 Å². The van der Waals surface area contributed by atoms with E-state index in [-0.39, 0.29) is 5.91 Å². The first-order valence-corrected chi connectivity index (χ1v) is 10.2. The van der Waals surface area contributed by atoms with Gasteiger partial charge in [0.1, 0.15) is 11.5 Å². The summed E-state index contributed by atoms with van der Waals surface area (Å²) in [6.07, 6.45) is 4.71. The van der Waals surface area contributed by atoms with E-state index in [4.69, 9.17) is 4.74 Å². The number of ether oxygens (including phenoxy) is 1. The molecule has 150 valence electrons. The van der Waals surface area contributed by atoms with Crippen LogP contribution < -0.4 is 10.6 Å². The number of anilines is 1. The average molecular weight is 390 g/mol. The number of nitrogens with one attached hydrogen (secondary N) is 2. The van der Waals surface area contributed by atoms with Gasteiger partial charge in [0.15, 0.2) is 0 Å². The number of nitrogens with zero attached hydrogens (tertiary/aromatic N) is 2. The lowest BCUT2D eigenvalue weighted by Gasteiger charge is -2.23. The van der Waals surface area contributed by atoms with E-state index >= 15 is 0 Å². The molecule has 0 radical (unpaired) electrons. The Morgan fingerprint density at radius 3 is 2.79 bits per heavy atom. The van der Waals surface area contributed by atoms with E-state index in [0.717, 1.165) is 54.8 Å². The lowest BCUT2D eigenvalue weighted by molar-refractivity contribution is 0.0903. The van der Waals surface area contributed by atoms with Crippen molar-refractivity contribution in [1.82, 2.24) is 15.3 Å². The second-order valence-electron chi connectivity index (χ2n) is 7.35. The second-order valence-corrected chi connectivity index (χ2v) is 7.35. The molecule has 0 unspecified atom stereocenters. The highest BCUT2D eigenvalue weighted by molar-refractivity contribution is 5.95. The quantitative estimate of drug-likeness (QED) is 0.671. The Morgan fingerprint density at radius 1 is 1.14 bits per heavy atom. The Hall–Kier alpha value is -2.99. The molecule has 1 aliphatic heterocycles. The van der Waals surface area contributed by atoms with Crippen molar-refractivity contribution < 1.29 is 9.53 Å². The van der Waals surface area contributed by atoms with E-state index in [1.54, 1.807) is 12.3 Å². The van der Waals surface area contributed by atoms with Gasteiger partial charge in [0, 0.05) is 43.4 Å². The molecular formula is C23H26N4O2. The molecule has 29 heavy (non-hydrogen) atoms. The van der Waals surface area contributed by atoms with Gasteiger partial charge in [-0.2, -0.15) is 0 Å². The normalized spacial score (nSPS) is 14.7. The van der Waals surface area contributed by atoms with Gasteiger partial charge in [-0.1, -0.05) is 31.2 Å². The third-order valence-electron chi connectivity index (χ3n) is 5.23. The highest BCUT2D eigenvalue weighted by Gasteiger charge is 2.14. The molecule has 1 fully saturated rings. The standard InChI is InChI=1S/C23H26N4O2/c1-2-16-4-3-5-17(12-16)14-25-23(28)20-7-6-18-15-24-22(13-21(18)27-20)26-19-8-10-29-11-9-19/h3-7,12-13,15,19H,2,8-11,14H2,1H3,(H,24,26)(H,25,28). The van der Waals surface area contributed by atoms with Gasteiger partial charge in [-0.05, 0) is 42.5 Å². The molecule has 6 heteroatoms. The Labute approximate surface area is 170 Å². The van der Waals surface area contributed by atoms with E-state index in [0.29, 0.717) is 18.3 Å². The molecule has 2 aromatic heterocycles. The van der Waals surface area contributed by atoms with Crippen LogP contribution in [0.15, 0.2) is 48.7 Å². The topological polar surface area (TPSA) is 76.1 Å². The van der Waals surface area contributed by atoms with E-state index in [1.165, 1.54) is 5.56 Å². The number of aryl methyl sites for hydroxylation is 1. The lowest BCUT2D eigenvalue weighted by atomic mass is 10.1. The Kier molecular flexibility index (Phi) is 6.00. The summed E-state index contributed by atoms with van der Waals surface area (Å²) in [6.45, 7) is 4.15. The molecule has 4 rings (SSSR count). The molecule has 3 aromatic rings. The first-order chi connectivity index (χ1) is 14.2. The summed E-state index contributed by atoms with van der Waals surface area (Å²) >= 11 is 0. The number of amides is 1. The smallest absolute Gasteiger partial charge is 0.270 e. The van der Waals surface area contributed by atoms with Crippen LogP contribution in [0.1, 0.15) is 41.4 Å². The summed E-state index contributed by atoms with van der Waals surface area (Å²) in [6, 6.07) is 14.2. The van der Waals surface area contributed by atoms with Gasteiger partial charge in [0.25, 0.3) is 5.91 Å². The van der Waals surface area contributed by atoms with Crippen LogP contribution in [0.2, 0.25) is 0 Å². The molecule has 3 heterocycles. The minimum absolute atomic E-state index is 0.176. The molecule has 2 N–H and O–H groups in total. The fraction of sp³-hybridized carbons (Fsp3) is 0.348. The van der Waals surface area contributed by atoms with Crippen molar-refractivity contribution in [3.8, 4) is 0 Å². The number of aromatic nitrogens is 2. The molecule has 1 aromatic carbocycles. The highest BCUT2D eigenvalue weighted by Crippen LogP contribution is 2.18. The summed E-state index contributed by atoms with van der Waals surface area (Å²) < 4.78 is 5.40. The monoisotopic (exact) mass is 390 g/mol. The zero-order valence-corrected chi connectivity index (χ0v) is 16.6. The SMILES string of the molecule is CCc1cccc(CNC(=O)c2ccc3cnc(NC4CCOCC4)cc3n2)c1. The maximum Gasteiger partial charge on any atom is 0.270 e. The Balaban J connectivity index is 1.45. The van der Waals surface area contributed by atoms with Crippen LogP contribution in [0.25, 0.3) is 10.9 Å². The van der Waals surface area contributed by atoms with Crippen molar-refractivity contribution in [2.75, 3.05) is 18.5 Å². The molecule has 0 bridgehead atoms. The van der Waals surface area contributed by atoms with Crippen LogP contribution in [0.5, 0.6) is 0 Å². The van der Waals surface area contributed by atoms with Crippen molar-refractivity contribution in [2.45, 2.75) is 38.8 Å². The second kappa shape index (κ2) is 9.01. The summed E-state index contributed by atoms with van der Waals surface area (Å²) in [4.78, 5) is 21.6. The predicted molar refractivity (Wildman–Crippen MR) is 114 cm³/mol. The first-order valence-electron chi connectivity index (χ1n) is 10.2. The third kappa shape index (κ3) is 4.90. The third-order valence-corrected chi connectivity index (χ3v) is 5.23. The van der Waals surface area contributed by atoms with Gasteiger partial charge in [-0.3, -0.25) is 4.79 Å². The number of rotatable bonds is 6. The maximum absolute atomic E-state index is 12.6. The van der Waals surface area contributed by atoms with Gasteiger partial charge in [0.05, 0.1) is 5.52 Å². The summed E-state index contributed by atoms with van der Waals surface area (Å²) in [7, 11) is 0. The number of pyridine rings is 2. The number of hydrogen-bond acceptors (Lipinski definition) is 5. The van der Waals surface area contributed by atoms with E-state index < -0.39 is 0 Å². The van der Waals surface area contributed by atoms with Crippen molar-refractivity contribution in [3.05, 3.63) is 65.5 Å². The minimum atomic E-state index is -0.176. The molecule has 1 aliphatic rings. The maximum atomic E-state index is 12.6. The van der Waals surface area contributed by atoms with Crippen LogP contribution >= 0.6 is 0 Å². The first kappa shape index (κ1) is 19.3. The predicted octanol–water partition coefficient (Wildman–Crippen LogP) is 3.71. The highest BCUT2D eigenvalue weighted by atomic mass is 16.5. The van der Waals surface area contributed by atoms with Crippen LogP contribution in [0, 0.1) is 0 Å². The summed E-state index contributed by atoms with van der Waals surface area (Å²) in [5.74, 6) is 0.607. The summed E-state index contributed by atoms with van der Waals surface area (Å²) in [5, 5.41) is 7.32. The van der Waals surface area contributed by atoms with Gasteiger partial charge in [-0.15, -0.1) is 0 Å². The van der Waals surface area contributed by atoms with Crippen molar-refractivity contribution in [2.24, 2.45) is 0 Å². The minimum Gasteiger partial charge on any atom is -0.381 e. The van der Waals surface area contributed by atoms with Gasteiger partial charge < -0.3 is 15.4 Å². The molecule has 6 nitrogen and oxygen atoms in total. The van der Waals surface area contributed by atoms with Crippen molar-refractivity contribution in [1.29, 1.82) is 0 Å². The van der Waals surface area contributed by atoms with Gasteiger partial charge in [-0.25, -0.2) is 9.97 Å². The van der Waals surface area contributed by atoms with E-state index in [1.807, 2.05) is 24.3 Å². The van der Waals surface area contributed by atoms with Gasteiger partial charge in [0.2, 0.25) is 0 Å². The number of benzene rings is 1. The molecule has 1 amide bonds. The molecule has 0 atom stereocenters. The molecular weight excluding hydrogens is 364 g/mol. The Morgan fingerprint density at radius 2 is 1.97 bits per heavy atom. The fourth-order valence-corrected chi connectivity index (χ4v) is 3.51. The van der Waals surface area contributed by atoms with Crippen molar-refractivity contribution >= 4 is 22.6 Å². The molecule has 0 saturated carbocycles. The molecule has 0 aliphatic carbocycles. The van der Waals surface area contributed by atoms with Gasteiger partial charge >= 0.3 is 0 Å². The largest absolute Gasteiger partial charge is 0.381 e. The number of carbonyl (C=O) groups is 1. The van der Waals surface area contributed by atoms with Crippen LogP contribution in [0.3, 0.4) is 0 Å². The van der Waals surface area contributed by atoms with Crippen molar-refractivity contribution in [3.63, 3.8) is 0 Å². The number of fused-ring (bicyclic) bond motifs is 1. The van der Waals surface area contributed by atoms with E-state index in [2.05, 4.69) is 39.7 Å². The zero-order chi connectivity index (χ0) is 20.1. The number of carbonyl (C=O) groups excluding carboxylic acids is 1. The van der Waals surface area contributed by atoms with Crippen LogP contribution in [-0.4, -0.2) is 35.1 Å². The lowest BCUT2D eigenvalue weighted by Crippen LogP contribution is -2.28. The fourth-order valence-electron chi connectivity index (χ4n) is 3.51. The molecule has 1 saturated heterocycles. The van der Waals surface area contributed by atoms with Crippen LogP contribution in [-0.2, 0) is 17.7 Å². The molecule has 0 spiro atoms. The number of hydrogen-bond donors (Lipinski definition) is 2. The summed E-state index contributed by atoms with van der Waals surface area (Å²) in [5.41, 5.74) is 3.52. The van der Waals surface area contributed by atoms with E-state index in [9.17, 15) is 4.79 Å². The zero-order valence-electron chi connectivity index (χ0n) is 16.6.